The van der Waals surface area contributed by atoms with E-state index in [2.05, 4.69) is 20.6 Å². The van der Waals surface area contributed by atoms with Crippen molar-refractivity contribution in [3.8, 4) is 11.6 Å². The summed E-state index contributed by atoms with van der Waals surface area (Å²) in [5, 5.41) is 5.56. The zero-order chi connectivity index (χ0) is 18.2. The molecular weight excluding hydrogens is 330 g/mol. The molecule has 26 heavy (non-hydrogen) atoms. The number of aryl methyl sites for hydroxylation is 1. The molecule has 0 saturated heterocycles. The summed E-state index contributed by atoms with van der Waals surface area (Å²) in [6, 6.07) is 11.4. The lowest BCUT2D eigenvalue weighted by Crippen LogP contribution is -2.37. The number of imidazole rings is 1. The highest BCUT2D eigenvalue weighted by atomic mass is 16.5. The van der Waals surface area contributed by atoms with Gasteiger partial charge in [0, 0.05) is 25.1 Å². The molecule has 2 amide bonds. The van der Waals surface area contributed by atoms with Crippen LogP contribution in [0.15, 0.2) is 61.3 Å². The van der Waals surface area contributed by atoms with E-state index in [1.54, 1.807) is 18.7 Å². The molecule has 0 saturated carbocycles. The molecule has 0 fully saturated rings. The van der Waals surface area contributed by atoms with E-state index < -0.39 is 0 Å². The van der Waals surface area contributed by atoms with Gasteiger partial charge in [-0.1, -0.05) is 23.8 Å². The Morgan fingerprint density at radius 2 is 2.00 bits per heavy atom. The third kappa shape index (κ3) is 5.07. The SMILES string of the molecule is Cc1ccc(OCCNC(=O)NCc2ccc(-n3ccnc3)nc2)cc1. The Labute approximate surface area is 152 Å². The fourth-order valence-corrected chi connectivity index (χ4v) is 2.28. The van der Waals surface area contributed by atoms with Crippen molar-refractivity contribution < 1.29 is 9.53 Å². The first-order chi connectivity index (χ1) is 12.7. The molecule has 2 N–H and O–H groups in total. The number of ether oxygens (including phenoxy) is 1. The van der Waals surface area contributed by atoms with Gasteiger partial charge in [0.15, 0.2) is 0 Å². The minimum absolute atomic E-state index is 0.240. The monoisotopic (exact) mass is 351 g/mol. The van der Waals surface area contributed by atoms with Gasteiger partial charge in [-0.05, 0) is 30.7 Å². The fourth-order valence-electron chi connectivity index (χ4n) is 2.28. The second kappa shape index (κ2) is 8.66. The van der Waals surface area contributed by atoms with Crippen LogP contribution in [0.25, 0.3) is 5.82 Å². The second-order valence-corrected chi connectivity index (χ2v) is 5.77. The molecule has 0 unspecified atom stereocenters. The van der Waals surface area contributed by atoms with Gasteiger partial charge in [-0.25, -0.2) is 14.8 Å². The number of carbonyl (C=O) groups is 1. The number of hydrogen-bond donors (Lipinski definition) is 2. The maximum absolute atomic E-state index is 11.8. The van der Waals surface area contributed by atoms with Crippen molar-refractivity contribution in [3.05, 3.63) is 72.4 Å². The third-order valence-corrected chi connectivity index (χ3v) is 3.71. The maximum Gasteiger partial charge on any atom is 0.315 e. The number of rotatable bonds is 7. The van der Waals surface area contributed by atoms with Crippen molar-refractivity contribution >= 4 is 6.03 Å². The smallest absolute Gasteiger partial charge is 0.315 e. The largest absolute Gasteiger partial charge is 0.492 e. The average molecular weight is 351 g/mol. The molecule has 0 bridgehead atoms. The molecule has 134 valence electrons. The summed E-state index contributed by atoms with van der Waals surface area (Å²) in [5.74, 6) is 1.57. The van der Waals surface area contributed by atoms with Crippen LogP contribution in [0.2, 0.25) is 0 Å². The average Bonchev–Trinajstić information content (AvgIpc) is 3.20. The summed E-state index contributed by atoms with van der Waals surface area (Å²) in [7, 11) is 0. The molecule has 2 heterocycles. The third-order valence-electron chi connectivity index (χ3n) is 3.71. The van der Waals surface area contributed by atoms with Crippen LogP contribution in [0.4, 0.5) is 4.79 Å². The molecule has 0 aliphatic carbocycles. The standard InChI is InChI=1S/C19H21N5O2/c1-15-2-5-17(6-3-15)26-11-9-21-19(25)23-13-16-4-7-18(22-12-16)24-10-8-20-14-24/h2-8,10,12,14H,9,11,13H2,1H3,(H2,21,23,25). The van der Waals surface area contributed by atoms with Crippen molar-refractivity contribution in [2.75, 3.05) is 13.2 Å². The van der Waals surface area contributed by atoms with Crippen LogP contribution in [0.3, 0.4) is 0 Å². The summed E-state index contributed by atoms with van der Waals surface area (Å²) in [5.41, 5.74) is 2.10. The topological polar surface area (TPSA) is 81.1 Å². The van der Waals surface area contributed by atoms with Crippen LogP contribution in [0, 0.1) is 6.92 Å². The molecule has 7 heteroatoms. The number of carbonyl (C=O) groups excluding carboxylic acids is 1. The van der Waals surface area contributed by atoms with Gasteiger partial charge in [-0.2, -0.15) is 0 Å². The molecule has 0 aliphatic rings. The lowest BCUT2D eigenvalue weighted by molar-refractivity contribution is 0.236. The van der Waals surface area contributed by atoms with E-state index in [9.17, 15) is 4.79 Å². The first kappa shape index (κ1) is 17.5. The van der Waals surface area contributed by atoms with Crippen molar-refractivity contribution in [3.63, 3.8) is 0 Å². The van der Waals surface area contributed by atoms with E-state index >= 15 is 0 Å². The number of urea groups is 1. The summed E-state index contributed by atoms with van der Waals surface area (Å²) < 4.78 is 7.38. The molecule has 3 aromatic rings. The minimum Gasteiger partial charge on any atom is -0.492 e. The normalized spacial score (nSPS) is 10.3. The van der Waals surface area contributed by atoms with Crippen LogP contribution in [0.1, 0.15) is 11.1 Å². The second-order valence-electron chi connectivity index (χ2n) is 5.77. The Kier molecular flexibility index (Phi) is 5.82. The summed E-state index contributed by atoms with van der Waals surface area (Å²) >= 11 is 0. The lowest BCUT2D eigenvalue weighted by Gasteiger charge is -2.09. The number of nitrogens with zero attached hydrogens (tertiary/aromatic N) is 3. The van der Waals surface area contributed by atoms with Gasteiger partial charge in [0.2, 0.25) is 0 Å². The van der Waals surface area contributed by atoms with Crippen LogP contribution < -0.4 is 15.4 Å². The first-order valence-corrected chi connectivity index (χ1v) is 8.35. The fraction of sp³-hybridized carbons (Fsp3) is 0.211. The highest BCUT2D eigenvalue weighted by Crippen LogP contribution is 2.10. The molecule has 0 spiro atoms. The lowest BCUT2D eigenvalue weighted by atomic mass is 10.2. The Morgan fingerprint density at radius 1 is 1.15 bits per heavy atom. The predicted octanol–water partition coefficient (Wildman–Crippen LogP) is 2.45. The Morgan fingerprint density at radius 3 is 2.69 bits per heavy atom. The van der Waals surface area contributed by atoms with Gasteiger partial charge in [-0.3, -0.25) is 4.57 Å². The summed E-state index contributed by atoms with van der Waals surface area (Å²) in [6.45, 7) is 3.27. The van der Waals surface area contributed by atoms with Gasteiger partial charge in [0.25, 0.3) is 0 Å². The molecule has 0 radical (unpaired) electrons. The predicted molar refractivity (Wildman–Crippen MR) is 98.3 cm³/mol. The van der Waals surface area contributed by atoms with E-state index in [0.29, 0.717) is 19.7 Å². The van der Waals surface area contributed by atoms with Gasteiger partial charge in [-0.15, -0.1) is 0 Å². The van der Waals surface area contributed by atoms with Crippen LogP contribution in [-0.2, 0) is 6.54 Å². The van der Waals surface area contributed by atoms with Crippen LogP contribution in [-0.4, -0.2) is 33.7 Å². The Bertz CT molecular complexity index is 814. The van der Waals surface area contributed by atoms with Gasteiger partial charge >= 0.3 is 6.03 Å². The molecule has 0 atom stereocenters. The maximum atomic E-state index is 11.8. The van der Waals surface area contributed by atoms with Crippen LogP contribution in [0.5, 0.6) is 5.75 Å². The van der Waals surface area contributed by atoms with Gasteiger partial charge < -0.3 is 15.4 Å². The molecule has 2 aromatic heterocycles. The zero-order valence-corrected chi connectivity index (χ0v) is 14.6. The van der Waals surface area contributed by atoms with Crippen molar-refractivity contribution in [2.24, 2.45) is 0 Å². The highest BCUT2D eigenvalue weighted by molar-refractivity contribution is 5.73. The minimum atomic E-state index is -0.240. The number of amides is 2. The Hall–Kier alpha value is -3.35. The number of benzene rings is 1. The summed E-state index contributed by atoms with van der Waals surface area (Å²) in [6.07, 6.45) is 6.94. The van der Waals surface area contributed by atoms with Crippen molar-refractivity contribution in [1.29, 1.82) is 0 Å². The van der Waals surface area contributed by atoms with E-state index in [4.69, 9.17) is 4.74 Å². The number of aromatic nitrogens is 3. The first-order valence-electron chi connectivity index (χ1n) is 8.35. The molecule has 3 rings (SSSR count). The van der Waals surface area contributed by atoms with Gasteiger partial charge in [0.05, 0.1) is 6.54 Å². The van der Waals surface area contributed by atoms with E-state index in [-0.39, 0.29) is 6.03 Å². The van der Waals surface area contributed by atoms with Gasteiger partial charge in [0.1, 0.15) is 24.5 Å². The highest BCUT2D eigenvalue weighted by Gasteiger charge is 2.02. The van der Waals surface area contributed by atoms with Crippen molar-refractivity contribution in [2.45, 2.75) is 13.5 Å². The number of nitrogens with one attached hydrogen (secondary N) is 2. The van der Waals surface area contributed by atoms with E-state index in [0.717, 1.165) is 17.1 Å². The Balaban J connectivity index is 1.35. The van der Waals surface area contributed by atoms with Crippen LogP contribution >= 0.6 is 0 Å². The van der Waals surface area contributed by atoms with Crippen molar-refractivity contribution in [1.82, 2.24) is 25.2 Å². The quantitative estimate of drug-likeness (QED) is 0.641. The van der Waals surface area contributed by atoms with E-state index in [1.807, 2.05) is 54.1 Å². The molecule has 7 nitrogen and oxygen atoms in total. The zero-order valence-electron chi connectivity index (χ0n) is 14.6. The number of hydrogen-bond acceptors (Lipinski definition) is 4. The molecule has 1 aromatic carbocycles. The number of pyridine rings is 1. The molecule has 0 aliphatic heterocycles. The molecular formula is C19H21N5O2. The van der Waals surface area contributed by atoms with E-state index in [1.165, 1.54) is 5.56 Å². The summed E-state index contributed by atoms with van der Waals surface area (Å²) in [4.78, 5) is 20.1.